The van der Waals surface area contributed by atoms with E-state index in [4.69, 9.17) is 9.47 Å². The molecule has 4 rings (SSSR count). The minimum atomic E-state index is -1.65. The fourth-order valence-corrected chi connectivity index (χ4v) is 6.80. The van der Waals surface area contributed by atoms with Crippen molar-refractivity contribution in [3.63, 3.8) is 0 Å². The third-order valence-corrected chi connectivity index (χ3v) is 8.47. The summed E-state index contributed by atoms with van der Waals surface area (Å²) in [6, 6.07) is 3.76. The highest BCUT2D eigenvalue weighted by molar-refractivity contribution is 6.00. The Labute approximate surface area is 235 Å². The first-order valence-corrected chi connectivity index (χ1v) is 14.0. The van der Waals surface area contributed by atoms with Gasteiger partial charge in [0, 0.05) is 12.5 Å². The minimum Gasteiger partial charge on any atom is -0.468 e. The summed E-state index contributed by atoms with van der Waals surface area (Å²) in [4.78, 5) is 54.9. The molecule has 10 nitrogen and oxygen atoms in total. The van der Waals surface area contributed by atoms with Crippen molar-refractivity contribution in [2.24, 2.45) is 11.8 Å². The molecule has 2 fully saturated rings. The number of ketones is 1. The van der Waals surface area contributed by atoms with Gasteiger partial charge in [0.1, 0.15) is 17.2 Å². The molecule has 1 saturated carbocycles. The van der Waals surface area contributed by atoms with Gasteiger partial charge < -0.3 is 25.2 Å². The number of carbonyl (C=O) groups is 4. The fourth-order valence-electron chi connectivity index (χ4n) is 6.80. The Balaban J connectivity index is 1.88. The van der Waals surface area contributed by atoms with Crippen molar-refractivity contribution in [2.75, 3.05) is 13.7 Å². The maximum Gasteiger partial charge on any atom is 0.408 e. The Morgan fingerprint density at radius 3 is 2.50 bits per heavy atom. The maximum atomic E-state index is 15.1. The van der Waals surface area contributed by atoms with Crippen molar-refractivity contribution in [3.05, 3.63) is 41.5 Å². The van der Waals surface area contributed by atoms with Gasteiger partial charge in [-0.1, -0.05) is 50.1 Å². The second-order valence-corrected chi connectivity index (χ2v) is 12.0. The summed E-state index contributed by atoms with van der Waals surface area (Å²) < 4.78 is 10.5. The van der Waals surface area contributed by atoms with Crippen LogP contribution >= 0.6 is 0 Å². The lowest BCUT2D eigenvalue weighted by atomic mass is 9.68. The number of carbonyl (C=O) groups excluding carboxylic acids is 3. The molecule has 1 aliphatic carbocycles. The quantitative estimate of drug-likeness (QED) is 0.426. The van der Waals surface area contributed by atoms with Gasteiger partial charge in [0.15, 0.2) is 5.78 Å². The number of fused-ring (bicyclic) bond motifs is 1. The second kappa shape index (κ2) is 11.6. The number of benzene rings is 1. The molecule has 2 amide bonds. The third-order valence-electron chi connectivity index (χ3n) is 8.47. The molecule has 1 aromatic rings. The van der Waals surface area contributed by atoms with E-state index in [2.05, 4.69) is 17.2 Å². The van der Waals surface area contributed by atoms with Crippen LogP contribution in [0.4, 0.5) is 9.59 Å². The highest BCUT2D eigenvalue weighted by atomic mass is 16.6. The van der Waals surface area contributed by atoms with Gasteiger partial charge in [-0.3, -0.25) is 14.5 Å². The molecule has 3 N–H and O–H groups in total. The van der Waals surface area contributed by atoms with Crippen molar-refractivity contribution in [3.8, 4) is 0 Å². The number of ether oxygens (including phenoxy) is 2. The molecule has 1 saturated heterocycles. The number of hydrogen-bond donors (Lipinski definition) is 3. The van der Waals surface area contributed by atoms with E-state index in [1.165, 1.54) is 12.0 Å². The molecule has 3 unspecified atom stereocenters. The molecular weight excluding hydrogens is 514 g/mol. The van der Waals surface area contributed by atoms with E-state index in [1.807, 2.05) is 6.07 Å². The molecule has 3 aliphatic rings. The normalized spacial score (nSPS) is 25.6. The Bertz CT molecular complexity index is 1170. The monoisotopic (exact) mass is 555 g/mol. The molecule has 4 atom stereocenters. The zero-order valence-corrected chi connectivity index (χ0v) is 23.8. The minimum absolute atomic E-state index is 0.0121. The number of methoxy groups -OCH3 is 1. The summed E-state index contributed by atoms with van der Waals surface area (Å²) in [5.41, 5.74) is -0.414. The first-order valence-electron chi connectivity index (χ1n) is 14.0. The van der Waals surface area contributed by atoms with E-state index < -0.39 is 53.1 Å². The SMILES string of the molecule is C=Cc1cccc2c1CN(C(=O)O)C2(C(=O)[C@@H](NC(=O)OC(C)(C)C)C1CCCCC1)C1CNC(C(=O)OC)C1. The first-order chi connectivity index (χ1) is 18.9. The number of hydrogen-bond acceptors (Lipinski definition) is 7. The summed E-state index contributed by atoms with van der Waals surface area (Å²) in [5.74, 6) is -1.64. The Hall–Kier alpha value is -3.40. The predicted octanol–water partition coefficient (Wildman–Crippen LogP) is 4.21. The van der Waals surface area contributed by atoms with Gasteiger partial charge in [-0.15, -0.1) is 0 Å². The van der Waals surface area contributed by atoms with Gasteiger partial charge in [0.25, 0.3) is 0 Å². The van der Waals surface area contributed by atoms with Gasteiger partial charge in [-0.25, -0.2) is 9.59 Å². The summed E-state index contributed by atoms with van der Waals surface area (Å²) in [6.07, 6.45) is 4.19. The molecule has 1 aromatic carbocycles. The molecule has 40 heavy (non-hydrogen) atoms. The van der Waals surface area contributed by atoms with E-state index in [0.29, 0.717) is 11.1 Å². The largest absolute Gasteiger partial charge is 0.468 e. The molecule has 0 bridgehead atoms. The van der Waals surface area contributed by atoms with Gasteiger partial charge in [-0.05, 0) is 62.6 Å². The third kappa shape index (κ3) is 5.46. The van der Waals surface area contributed by atoms with Crippen LogP contribution in [0.15, 0.2) is 24.8 Å². The van der Waals surface area contributed by atoms with Crippen molar-refractivity contribution in [2.45, 2.75) is 89.1 Å². The number of esters is 1. The standard InChI is InChI=1S/C30H41N3O7/c1-6-18-13-10-14-22-21(18)17-33(28(37)38)30(22,20-15-23(31-16-20)26(35)39-5)25(34)24(19-11-8-7-9-12-19)32-27(36)40-29(2,3)4/h6,10,13-14,19-20,23-24,31H,1,7-9,11-12,15-17H2,2-5H3,(H,32,36)(H,37,38)/t20?,23?,24-,30?/m0/s1. The molecule has 10 heteroatoms. The van der Waals surface area contributed by atoms with Crippen LogP contribution in [0.25, 0.3) is 6.08 Å². The van der Waals surface area contributed by atoms with Gasteiger partial charge in [-0.2, -0.15) is 0 Å². The van der Waals surface area contributed by atoms with E-state index in [9.17, 15) is 19.5 Å². The number of rotatable bonds is 7. The zero-order valence-electron chi connectivity index (χ0n) is 23.8. The van der Waals surface area contributed by atoms with Gasteiger partial charge >= 0.3 is 18.2 Å². The van der Waals surface area contributed by atoms with Crippen LogP contribution in [0, 0.1) is 11.8 Å². The molecule has 218 valence electrons. The molecule has 2 aliphatic heterocycles. The molecule has 2 heterocycles. The topological polar surface area (TPSA) is 134 Å². The van der Waals surface area contributed by atoms with Crippen LogP contribution in [0.2, 0.25) is 0 Å². The zero-order chi connectivity index (χ0) is 29.2. The van der Waals surface area contributed by atoms with Crippen LogP contribution in [0.5, 0.6) is 0 Å². The van der Waals surface area contributed by atoms with Crippen LogP contribution in [-0.4, -0.2) is 65.3 Å². The van der Waals surface area contributed by atoms with E-state index in [1.54, 1.807) is 39.0 Å². The number of carboxylic acid groups (broad SMARTS) is 1. The van der Waals surface area contributed by atoms with Crippen molar-refractivity contribution < 1.29 is 33.8 Å². The second-order valence-electron chi connectivity index (χ2n) is 12.0. The van der Waals surface area contributed by atoms with Gasteiger partial charge in [0.05, 0.1) is 19.7 Å². The van der Waals surface area contributed by atoms with Crippen molar-refractivity contribution >= 4 is 30.0 Å². The average Bonchev–Trinajstić information content (AvgIpc) is 3.54. The van der Waals surface area contributed by atoms with Crippen LogP contribution < -0.4 is 10.6 Å². The van der Waals surface area contributed by atoms with Crippen molar-refractivity contribution in [1.29, 1.82) is 0 Å². The Morgan fingerprint density at radius 1 is 1.20 bits per heavy atom. The summed E-state index contributed by atoms with van der Waals surface area (Å²) in [5, 5.41) is 16.6. The summed E-state index contributed by atoms with van der Waals surface area (Å²) >= 11 is 0. The number of nitrogens with one attached hydrogen (secondary N) is 2. The van der Waals surface area contributed by atoms with Gasteiger partial charge in [0.2, 0.25) is 0 Å². The number of amides is 2. The smallest absolute Gasteiger partial charge is 0.408 e. The summed E-state index contributed by atoms with van der Waals surface area (Å²) in [7, 11) is 1.30. The lowest BCUT2D eigenvalue weighted by Gasteiger charge is -2.44. The van der Waals surface area contributed by atoms with E-state index >= 15 is 4.79 Å². The van der Waals surface area contributed by atoms with E-state index in [0.717, 1.165) is 37.7 Å². The highest BCUT2D eigenvalue weighted by Gasteiger charge is 2.62. The van der Waals surface area contributed by atoms with Crippen LogP contribution in [0.1, 0.15) is 76.0 Å². The lowest BCUT2D eigenvalue weighted by molar-refractivity contribution is -0.143. The van der Waals surface area contributed by atoms with E-state index in [-0.39, 0.29) is 25.4 Å². The molecule has 0 spiro atoms. The number of Topliss-reactive ketones (excluding diaryl/α,β-unsaturated/α-hetero) is 1. The first kappa shape index (κ1) is 29.6. The van der Waals surface area contributed by atoms with Crippen LogP contribution in [-0.2, 0) is 31.1 Å². The average molecular weight is 556 g/mol. The molecular formula is C30H41N3O7. The lowest BCUT2D eigenvalue weighted by Crippen LogP contribution is -2.63. The Kier molecular flexibility index (Phi) is 8.58. The fraction of sp³-hybridized carbons (Fsp3) is 0.600. The highest BCUT2D eigenvalue weighted by Crippen LogP contribution is 2.50. The number of alkyl carbamates (subject to hydrolysis) is 1. The van der Waals surface area contributed by atoms with Crippen LogP contribution in [0.3, 0.4) is 0 Å². The predicted molar refractivity (Wildman–Crippen MR) is 148 cm³/mol. The summed E-state index contributed by atoms with van der Waals surface area (Å²) in [6.45, 7) is 9.35. The van der Waals surface area contributed by atoms with Crippen molar-refractivity contribution in [1.82, 2.24) is 15.5 Å². The molecule has 0 radical (unpaired) electrons. The Morgan fingerprint density at radius 2 is 1.90 bits per heavy atom. The molecule has 0 aromatic heterocycles. The maximum absolute atomic E-state index is 15.1. The number of nitrogens with zero attached hydrogens (tertiary/aromatic N) is 1.